The van der Waals surface area contributed by atoms with E-state index in [1.165, 1.54) is 20.2 Å². The molecule has 0 bridgehead atoms. The zero-order chi connectivity index (χ0) is 18.1. The summed E-state index contributed by atoms with van der Waals surface area (Å²) in [5.74, 6) is 0.0980. The van der Waals surface area contributed by atoms with Gasteiger partial charge in [-0.1, -0.05) is 6.92 Å². The fraction of sp³-hybridized carbons (Fsp3) is 0.562. The summed E-state index contributed by atoms with van der Waals surface area (Å²) in [5, 5.41) is 6.06. The highest BCUT2D eigenvalue weighted by Gasteiger charge is 2.29. The van der Waals surface area contributed by atoms with Gasteiger partial charge in [-0.15, -0.1) is 12.4 Å². The molecular weight excluding hydrogens is 364 g/mol. The van der Waals surface area contributed by atoms with Crippen LogP contribution in [-0.2, 0) is 14.8 Å². The minimum absolute atomic E-state index is 0. The van der Waals surface area contributed by atoms with Crippen LogP contribution in [0.1, 0.15) is 6.92 Å². The van der Waals surface area contributed by atoms with Crippen LogP contribution in [0, 0.1) is 11.8 Å². The van der Waals surface area contributed by atoms with Crippen LogP contribution in [0.3, 0.4) is 0 Å². The van der Waals surface area contributed by atoms with Crippen LogP contribution in [0.5, 0.6) is 0 Å². The van der Waals surface area contributed by atoms with Crippen LogP contribution in [0.2, 0.25) is 0 Å². The van der Waals surface area contributed by atoms with Crippen molar-refractivity contribution in [1.29, 1.82) is 0 Å². The maximum atomic E-state index is 12.5. The van der Waals surface area contributed by atoms with Gasteiger partial charge in [-0.25, -0.2) is 12.7 Å². The number of hydrogen-bond acceptors (Lipinski definition) is 5. The highest BCUT2D eigenvalue weighted by atomic mass is 35.5. The summed E-state index contributed by atoms with van der Waals surface area (Å²) in [5.41, 5.74) is 1.27. The Morgan fingerprint density at radius 1 is 1.24 bits per heavy atom. The third kappa shape index (κ3) is 4.63. The summed E-state index contributed by atoms with van der Waals surface area (Å²) in [6.45, 7) is 3.57. The van der Waals surface area contributed by atoms with Crippen molar-refractivity contribution < 1.29 is 13.2 Å². The van der Waals surface area contributed by atoms with Crippen molar-refractivity contribution >= 4 is 39.7 Å². The Labute approximate surface area is 156 Å². The predicted octanol–water partition coefficient (Wildman–Crippen LogP) is 1.22. The first-order chi connectivity index (χ1) is 11.1. The average Bonchev–Trinajstić information content (AvgIpc) is 2.44. The highest BCUT2D eigenvalue weighted by molar-refractivity contribution is 7.89. The first-order valence-corrected chi connectivity index (χ1v) is 9.34. The number of carbonyl (C=O) groups excluding carboxylic acids is 1. The first-order valence-electron chi connectivity index (χ1n) is 7.90. The summed E-state index contributed by atoms with van der Waals surface area (Å²) >= 11 is 0. The summed E-state index contributed by atoms with van der Waals surface area (Å²) < 4.78 is 25.8. The third-order valence-corrected chi connectivity index (χ3v) is 6.23. The minimum atomic E-state index is -3.55. The van der Waals surface area contributed by atoms with Gasteiger partial charge in [-0.3, -0.25) is 4.79 Å². The van der Waals surface area contributed by atoms with Gasteiger partial charge < -0.3 is 15.5 Å². The second kappa shape index (κ2) is 8.35. The number of sulfonamides is 1. The topological polar surface area (TPSA) is 81.8 Å². The van der Waals surface area contributed by atoms with Gasteiger partial charge in [0.2, 0.25) is 15.9 Å². The second-order valence-electron chi connectivity index (χ2n) is 6.56. The van der Waals surface area contributed by atoms with Crippen LogP contribution in [0.4, 0.5) is 11.4 Å². The van der Waals surface area contributed by atoms with Gasteiger partial charge in [0, 0.05) is 34.1 Å². The molecule has 1 aliphatic heterocycles. The quantitative estimate of drug-likeness (QED) is 0.763. The highest BCUT2D eigenvalue weighted by Crippen LogP contribution is 2.29. The lowest BCUT2D eigenvalue weighted by Crippen LogP contribution is -2.48. The third-order valence-electron chi connectivity index (χ3n) is 4.42. The lowest BCUT2D eigenvalue weighted by Gasteiger charge is -2.32. The SMILES string of the molecule is CC(C(=O)Nc1cc(S(=O)(=O)N(C)C)ccc1N(C)C)C1CNC1.Cl. The summed E-state index contributed by atoms with van der Waals surface area (Å²) in [4.78, 5) is 14.5. The molecule has 1 aromatic rings. The summed E-state index contributed by atoms with van der Waals surface area (Å²) in [6.07, 6.45) is 0. The van der Waals surface area contributed by atoms with Crippen molar-refractivity contribution in [3.63, 3.8) is 0 Å². The molecule has 2 N–H and O–H groups in total. The number of amides is 1. The summed E-state index contributed by atoms with van der Waals surface area (Å²) in [6, 6.07) is 4.79. The Morgan fingerprint density at radius 3 is 2.28 bits per heavy atom. The van der Waals surface area contributed by atoms with E-state index in [1.807, 2.05) is 25.9 Å². The van der Waals surface area contributed by atoms with E-state index in [0.29, 0.717) is 11.6 Å². The van der Waals surface area contributed by atoms with E-state index in [-0.39, 0.29) is 29.1 Å². The van der Waals surface area contributed by atoms with Gasteiger partial charge >= 0.3 is 0 Å². The lowest BCUT2D eigenvalue weighted by atomic mass is 9.88. The molecule has 0 saturated carbocycles. The molecule has 9 heteroatoms. The fourth-order valence-electron chi connectivity index (χ4n) is 2.50. The number of anilines is 2. The van der Waals surface area contributed by atoms with Crippen molar-refractivity contribution in [3.8, 4) is 0 Å². The van der Waals surface area contributed by atoms with E-state index in [2.05, 4.69) is 10.6 Å². The second-order valence-corrected chi connectivity index (χ2v) is 8.71. The van der Waals surface area contributed by atoms with Crippen LogP contribution < -0.4 is 15.5 Å². The Kier molecular flexibility index (Phi) is 7.25. The number of hydrogen-bond donors (Lipinski definition) is 2. The molecule has 1 heterocycles. The normalized spacial score (nSPS) is 15.9. The Hall–Kier alpha value is -1.35. The molecule has 1 fully saturated rings. The molecule has 0 spiro atoms. The monoisotopic (exact) mass is 390 g/mol. The van der Waals surface area contributed by atoms with Crippen molar-refractivity contribution in [2.75, 3.05) is 51.5 Å². The number of nitrogens with one attached hydrogen (secondary N) is 2. The molecular formula is C16H27ClN4O3S. The number of rotatable bonds is 6. The van der Waals surface area contributed by atoms with Gasteiger partial charge in [0.1, 0.15) is 0 Å². The number of benzene rings is 1. The molecule has 1 atom stereocenters. The zero-order valence-electron chi connectivity index (χ0n) is 15.2. The largest absolute Gasteiger partial charge is 0.376 e. The van der Waals surface area contributed by atoms with Gasteiger partial charge in [0.05, 0.1) is 16.3 Å². The molecule has 1 aliphatic rings. The smallest absolute Gasteiger partial charge is 0.242 e. The molecule has 1 unspecified atom stereocenters. The van der Waals surface area contributed by atoms with Crippen molar-refractivity contribution in [2.45, 2.75) is 11.8 Å². The van der Waals surface area contributed by atoms with E-state index in [4.69, 9.17) is 0 Å². The van der Waals surface area contributed by atoms with Crippen LogP contribution >= 0.6 is 12.4 Å². The van der Waals surface area contributed by atoms with E-state index in [0.717, 1.165) is 23.1 Å². The maximum absolute atomic E-state index is 12.5. The number of carbonyl (C=O) groups is 1. The molecule has 0 aliphatic carbocycles. The van der Waals surface area contributed by atoms with Crippen molar-refractivity contribution in [2.24, 2.45) is 11.8 Å². The van der Waals surface area contributed by atoms with Crippen LogP contribution in [0.25, 0.3) is 0 Å². The number of nitrogens with zero attached hydrogens (tertiary/aromatic N) is 2. The van der Waals surface area contributed by atoms with Gasteiger partial charge in [0.25, 0.3) is 0 Å². The molecule has 142 valence electrons. The molecule has 0 radical (unpaired) electrons. The van der Waals surface area contributed by atoms with Crippen LogP contribution in [-0.4, -0.2) is 59.9 Å². The maximum Gasteiger partial charge on any atom is 0.242 e. The van der Waals surface area contributed by atoms with Crippen LogP contribution in [0.15, 0.2) is 23.1 Å². The first kappa shape index (κ1) is 21.7. The van der Waals surface area contributed by atoms with E-state index >= 15 is 0 Å². The fourth-order valence-corrected chi connectivity index (χ4v) is 3.43. The zero-order valence-corrected chi connectivity index (χ0v) is 16.9. The molecule has 1 aromatic carbocycles. The Balaban J connectivity index is 0.00000312. The van der Waals surface area contributed by atoms with E-state index in [9.17, 15) is 13.2 Å². The summed E-state index contributed by atoms with van der Waals surface area (Å²) in [7, 11) is 3.12. The molecule has 7 nitrogen and oxygen atoms in total. The molecule has 0 aromatic heterocycles. The minimum Gasteiger partial charge on any atom is -0.376 e. The Morgan fingerprint density at radius 2 is 1.84 bits per heavy atom. The molecule has 2 rings (SSSR count). The molecule has 1 saturated heterocycles. The number of halogens is 1. The van der Waals surface area contributed by atoms with E-state index in [1.54, 1.807) is 12.1 Å². The van der Waals surface area contributed by atoms with Gasteiger partial charge in [0.15, 0.2) is 0 Å². The van der Waals surface area contributed by atoms with Gasteiger partial charge in [-0.05, 0) is 37.2 Å². The van der Waals surface area contributed by atoms with Crippen molar-refractivity contribution in [1.82, 2.24) is 9.62 Å². The lowest BCUT2D eigenvalue weighted by molar-refractivity contribution is -0.121. The Bertz CT molecular complexity index is 718. The molecule has 25 heavy (non-hydrogen) atoms. The standard InChI is InChI=1S/C16H26N4O3S.ClH/c1-11(12-9-17-10-12)16(21)18-14-8-13(24(22,23)20(4)5)6-7-15(14)19(2)3;/h6-8,11-12,17H,9-10H2,1-5H3,(H,18,21);1H. The average molecular weight is 391 g/mol. The predicted molar refractivity (Wildman–Crippen MR) is 103 cm³/mol. The van der Waals surface area contributed by atoms with E-state index < -0.39 is 10.0 Å². The molecule has 1 amide bonds. The van der Waals surface area contributed by atoms with Gasteiger partial charge in [-0.2, -0.15) is 0 Å². The van der Waals surface area contributed by atoms with Crippen molar-refractivity contribution in [3.05, 3.63) is 18.2 Å².